The first kappa shape index (κ1) is 16.5. The number of rotatable bonds is 4. The average Bonchev–Trinajstić information content (AvgIpc) is 2.89. The van der Waals surface area contributed by atoms with E-state index in [1.54, 1.807) is 25.2 Å². The fourth-order valence-corrected chi connectivity index (χ4v) is 3.72. The molecule has 0 aromatic heterocycles. The van der Waals surface area contributed by atoms with Gasteiger partial charge in [-0.1, -0.05) is 54.3 Å². The van der Waals surface area contributed by atoms with Gasteiger partial charge >= 0.3 is 0 Å². The number of thiocarbonyl (C=S) groups is 1. The highest BCUT2D eigenvalue weighted by molar-refractivity contribution is 8.27. The zero-order valence-corrected chi connectivity index (χ0v) is 14.8. The fraction of sp³-hybridized carbons (Fsp3) is 0.111. The summed E-state index contributed by atoms with van der Waals surface area (Å²) in [5.74, 6) is 1.07. The molecule has 0 saturated carbocycles. The highest BCUT2D eigenvalue weighted by Gasteiger charge is 2.33. The molecule has 0 unspecified atom stereocenters. The molecule has 6 heteroatoms. The molecule has 0 spiro atoms. The van der Waals surface area contributed by atoms with Crippen molar-refractivity contribution in [2.75, 3.05) is 19.1 Å². The third-order valence-electron chi connectivity index (χ3n) is 3.53. The van der Waals surface area contributed by atoms with Crippen LogP contribution in [0.5, 0.6) is 11.5 Å². The number of thioether (sulfide) groups is 1. The fourth-order valence-electron chi connectivity index (χ4n) is 2.43. The molecule has 1 fully saturated rings. The topological polar surface area (TPSA) is 38.8 Å². The quantitative estimate of drug-likeness (QED) is 0.608. The summed E-state index contributed by atoms with van der Waals surface area (Å²) >= 11 is 6.65. The first-order valence-corrected chi connectivity index (χ1v) is 8.42. The largest absolute Gasteiger partial charge is 0.493 e. The van der Waals surface area contributed by atoms with Gasteiger partial charge in [0.1, 0.15) is 0 Å². The number of para-hydroxylation sites is 2. The van der Waals surface area contributed by atoms with Crippen LogP contribution in [0.3, 0.4) is 0 Å². The molecule has 0 aliphatic carbocycles. The SMILES string of the molecule is COc1cccc(C=C2SC(=S)N(c3ccccc3)C2=O)c1OC. The molecule has 0 radical (unpaired) electrons. The minimum absolute atomic E-state index is 0.138. The monoisotopic (exact) mass is 357 g/mol. The standard InChI is InChI=1S/C18H15NO3S2/c1-21-14-10-6-7-12(16(14)22-2)11-15-17(20)19(18(23)24-15)13-8-4-3-5-9-13/h3-11H,1-2H3. The van der Waals surface area contributed by atoms with Gasteiger partial charge in [0.05, 0.1) is 24.8 Å². The highest BCUT2D eigenvalue weighted by Crippen LogP contribution is 2.38. The summed E-state index contributed by atoms with van der Waals surface area (Å²) in [4.78, 5) is 14.8. The zero-order valence-electron chi connectivity index (χ0n) is 13.2. The van der Waals surface area contributed by atoms with Crippen molar-refractivity contribution >= 4 is 46.0 Å². The molecule has 3 rings (SSSR count). The average molecular weight is 357 g/mol. The summed E-state index contributed by atoms with van der Waals surface area (Å²) in [6.45, 7) is 0. The maximum atomic E-state index is 12.8. The van der Waals surface area contributed by atoms with Crippen LogP contribution in [0.2, 0.25) is 0 Å². The molecule has 1 amide bonds. The van der Waals surface area contributed by atoms with Crippen LogP contribution in [-0.4, -0.2) is 24.4 Å². The first-order valence-electron chi connectivity index (χ1n) is 7.19. The Kier molecular flexibility index (Phi) is 4.87. The highest BCUT2D eigenvalue weighted by atomic mass is 32.2. The van der Waals surface area contributed by atoms with E-state index in [-0.39, 0.29) is 5.91 Å². The minimum Gasteiger partial charge on any atom is -0.493 e. The first-order chi connectivity index (χ1) is 11.7. The van der Waals surface area contributed by atoms with Crippen molar-refractivity contribution in [2.45, 2.75) is 0 Å². The lowest BCUT2D eigenvalue weighted by molar-refractivity contribution is -0.113. The van der Waals surface area contributed by atoms with Gasteiger partial charge in [-0.25, -0.2) is 0 Å². The van der Waals surface area contributed by atoms with E-state index in [0.29, 0.717) is 20.7 Å². The molecule has 24 heavy (non-hydrogen) atoms. The van der Waals surface area contributed by atoms with Crippen molar-refractivity contribution in [3.8, 4) is 11.5 Å². The van der Waals surface area contributed by atoms with Crippen LogP contribution in [-0.2, 0) is 4.79 Å². The normalized spacial score (nSPS) is 15.9. The summed E-state index contributed by atoms with van der Waals surface area (Å²) in [5, 5.41) is 0. The maximum Gasteiger partial charge on any atom is 0.270 e. The smallest absolute Gasteiger partial charge is 0.270 e. The van der Waals surface area contributed by atoms with Crippen molar-refractivity contribution in [2.24, 2.45) is 0 Å². The van der Waals surface area contributed by atoms with E-state index in [9.17, 15) is 4.79 Å². The molecule has 1 aliphatic rings. The lowest BCUT2D eigenvalue weighted by atomic mass is 10.1. The van der Waals surface area contributed by atoms with Gasteiger partial charge in [0.2, 0.25) is 0 Å². The molecule has 2 aromatic rings. The van der Waals surface area contributed by atoms with Crippen molar-refractivity contribution in [1.82, 2.24) is 0 Å². The predicted octanol–water partition coefficient (Wildman–Crippen LogP) is 4.11. The molecule has 1 saturated heterocycles. The Labute approximate surface area is 150 Å². The number of carbonyl (C=O) groups is 1. The van der Waals surface area contributed by atoms with Gasteiger partial charge in [-0.2, -0.15) is 0 Å². The van der Waals surface area contributed by atoms with Gasteiger partial charge in [-0.3, -0.25) is 9.69 Å². The van der Waals surface area contributed by atoms with Crippen LogP contribution in [0, 0.1) is 0 Å². The van der Waals surface area contributed by atoms with E-state index in [4.69, 9.17) is 21.7 Å². The van der Waals surface area contributed by atoms with Crippen LogP contribution in [0.1, 0.15) is 5.56 Å². The van der Waals surface area contributed by atoms with Gasteiger partial charge in [-0.15, -0.1) is 0 Å². The Balaban J connectivity index is 1.98. The number of amides is 1. The number of carbonyl (C=O) groups excluding carboxylic acids is 1. The molecular formula is C18H15NO3S2. The molecule has 122 valence electrons. The van der Waals surface area contributed by atoms with Gasteiger partial charge < -0.3 is 9.47 Å². The van der Waals surface area contributed by atoms with E-state index in [2.05, 4.69) is 0 Å². The number of hydrogen-bond acceptors (Lipinski definition) is 5. The minimum atomic E-state index is -0.138. The molecule has 1 aliphatic heterocycles. The zero-order chi connectivity index (χ0) is 17.1. The summed E-state index contributed by atoms with van der Waals surface area (Å²) in [7, 11) is 3.15. The van der Waals surface area contributed by atoms with Gasteiger partial charge in [0.15, 0.2) is 15.8 Å². The van der Waals surface area contributed by atoms with Gasteiger partial charge in [0.25, 0.3) is 5.91 Å². The Bertz CT molecular complexity index is 818. The molecular weight excluding hydrogens is 342 g/mol. The van der Waals surface area contributed by atoms with Crippen LogP contribution < -0.4 is 14.4 Å². The molecule has 0 atom stereocenters. The van der Waals surface area contributed by atoms with Crippen molar-refractivity contribution in [1.29, 1.82) is 0 Å². The van der Waals surface area contributed by atoms with Gasteiger partial charge in [-0.05, 0) is 24.3 Å². The lowest BCUT2D eigenvalue weighted by Gasteiger charge is -2.14. The van der Waals surface area contributed by atoms with Crippen LogP contribution in [0.25, 0.3) is 6.08 Å². The van der Waals surface area contributed by atoms with E-state index < -0.39 is 0 Å². The van der Waals surface area contributed by atoms with Crippen molar-refractivity contribution < 1.29 is 14.3 Å². The Morgan fingerprint density at radius 3 is 2.46 bits per heavy atom. The van der Waals surface area contributed by atoms with E-state index in [0.717, 1.165) is 11.3 Å². The Morgan fingerprint density at radius 2 is 1.79 bits per heavy atom. The van der Waals surface area contributed by atoms with Crippen molar-refractivity contribution in [3.05, 3.63) is 59.0 Å². The number of benzene rings is 2. The van der Waals surface area contributed by atoms with Crippen LogP contribution in [0.4, 0.5) is 5.69 Å². The summed E-state index contributed by atoms with van der Waals surface area (Å²) in [6, 6.07) is 14.9. The summed E-state index contributed by atoms with van der Waals surface area (Å²) < 4.78 is 11.2. The molecule has 4 nitrogen and oxygen atoms in total. The molecule has 2 aromatic carbocycles. The second-order valence-electron chi connectivity index (χ2n) is 4.94. The summed E-state index contributed by atoms with van der Waals surface area (Å²) in [6.07, 6.45) is 1.78. The maximum absolute atomic E-state index is 12.8. The van der Waals surface area contributed by atoms with E-state index in [1.165, 1.54) is 11.8 Å². The number of methoxy groups -OCH3 is 2. The molecule has 0 bridgehead atoms. The Hall–Kier alpha value is -2.31. The van der Waals surface area contributed by atoms with E-state index >= 15 is 0 Å². The number of hydrogen-bond donors (Lipinski definition) is 0. The van der Waals surface area contributed by atoms with Crippen LogP contribution in [0.15, 0.2) is 53.4 Å². The second kappa shape index (κ2) is 7.07. The number of ether oxygens (including phenoxy) is 2. The van der Waals surface area contributed by atoms with Crippen LogP contribution >= 0.6 is 24.0 Å². The van der Waals surface area contributed by atoms with Crippen molar-refractivity contribution in [3.63, 3.8) is 0 Å². The molecule has 0 N–H and O–H groups in total. The number of nitrogens with zero attached hydrogens (tertiary/aromatic N) is 1. The third-order valence-corrected chi connectivity index (χ3v) is 4.83. The van der Waals surface area contributed by atoms with E-state index in [1.807, 2.05) is 48.5 Å². The second-order valence-corrected chi connectivity index (χ2v) is 6.61. The third kappa shape index (κ3) is 3.02. The molecule has 1 heterocycles. The predicted molar refractivity (Wildman–Crippen MR) is 102 cm³/mol. The Morgan fingerprint density at radius 1 is 1.04 bits per heavy atom. The number of anilines is 1. The lowest BCUT2D eigenvalue weighted by Crippen LogP contribution is -2.27. The summed E-state index contributed by atoms with van der Waals surface area (Å²) in [5.41, 5.74) is 1.53. The van der Waals surface area contributed by atoms with Gasteiger partial charge in [0, 0.05) is 5.56 Å².